The lowest BCUT2D eigenvalue weighted by Crippen LogP contribution is -2.48. The van der Waals surface area contributed by atoms with Crippen LogP contribution in [0.5, 0.6) is 0 Å². The lowest BCUT2D eigenvalue weighted by atomic mass is 9.94. The molecular formula is C14H24N4O4S. The van der Waals surface area contributed by atoms with E-state index in [2.05, 4.69) is 9.82 Å². The van der Waals surface area contributed by atoms with E-state index in [0.29, 0.717) is 39.5 Å². The average molecular weight is 344 g/mol. The van der Waals surface area contributed by atoms with Gasteiger partial charge in [0.2, 0.25) is 0 Å². The molecule has 130 valence electrons. The standard InChI is InChI=1S/C14H24N4O4S/c1-21-8-7-18-14-12(11-15-18)3-2-4-13(14)16-23(19,20)17-5-9-22-10-6-17/h11,13,16H,2-10H2,1H3. The zero-order valence-corrected chi connectivity index (χ0v) is 14.2. The Hall–Kier alpha value is -1.00. The van der Waals surface area contributed by atoms with Crippen molar-refractivity contribution in [2.75, 3.05) is 40.0 Å². The van der Waals surface area contributed by atoms with E-state index in [9.17, 15) is 8.42 Å². The van der Waals surface area contributed by atoms with Gasteiger partial charge in [-0.3, -0.25) is 4.68 Å². The number of aromatic nitrogens is 2. The molecule has 2 aliphatic rings. The number of rotatable bonds is 6. The number of aryl methyl sites for hydroxylation is 1. The minimum Gasteiger partial charge on any atom is -0.383 e. The highest BCUT2D eigenvalue weighted by atomic mass is 32.2. The van der Waals surface area contributed by atoms with E-state index in [1.165, 1.54) is 4.31 Å². The summed E-state index contributed by atoms with van der Waals surface area (Å²) in [5.41, 5.74) is 2.10. The maximum Gasteiger partial charge on any atom is 0.280 e. The van der Waals surface area contributed by atoms with Gasteiger partial charge in [-0.1, -0.05) is 0 Å². The van der Waals surface area contributed by atoms with Gasteiger partial charge in [0.15, 0.2) is 0 Å². The smallest absolute Gasteiger partial charge is 0.280 e. The Morgan fingerprint density at radius 1 is 1.43 bits per heavy atom. The second-order valence-corrected chi connectivity index (χ2v) is 7.55. The highest BCUT2D eigenvalue weighted by Crippen LogP contribution is 2.30. The zero-order chi connectivity index (χ0) is 16.3. The van der Waals surface area contributed by atoms with Crippen LogP contribution in [0.2, 0.25) is 0 Å². The van der Waals surface area contributed by atoms with Gasteiger partial charge >= 0.3 is 0 Å². The van der Waals surface area contributed by atoms with Gasteiger partial charge in [0.05, 0.1) is 44.3 Å². The van der Waals surface area contributed by atoms with Gasteiger partial charge in [0.1, 0.15) is 0 Å². The van der Waals surface area contributed by atoms with Crippen molar-refractivity contribution in [1.82, 2.24) is 18.8 Å². The Balaban J connectivity index is 1.78. The summed E-state index contributed by atoms with van der Waals surface area (Å²) in [6, 6.07) is -0.231. The molecule has 0 saturated carbocycles. The average Bonchev–Trinajstić information content (AvgIpc) is 2.98. The van der Waals surface area contributed by atoms with Gasteiger partial charge in [-0.2, -0.15) is 22.5 Å². The van der Waals surface area contributed by atoms with Crippen molar-refractivity contribution in [1.29, 1.82) is 0 Å². The fourth-order valence-electron chi connectivity index (χ4n) is 3.18. The minimum absolute atomic E-state index is 0.231. The van der Waals surface area contributed by atoms with Crippen molar-refractivity contribution >= 4 is 10.2 Å². The van der Waals surface area contributed by atoms with Crippen LogP contribution in [0.3, 0.4) is 0 Å². The van der Waals surface area contributed by atoms with Crippen LogP contribution in [0.4, 0.5) is 0 Å². The van der Waals surface area contributed by atoms with E-state index in [1.54, 1.807) is 7.11 Å². The Morgan fingerprint density at radius 2 is 2.22 bits per heavy atom. The van der Waals surface area contributed by atoms with Gasteiger partial charge in [-0.15, -0.1) is 0 Å². The monoisotopic (exact) mass is 344 g/mol. The summed E-state index contributed by atoms with van der Waals surface area (Å²) in [6.45, 7) is 2.87. The molecule has 0 aromatic carbocycles. The number of nitrogens with zero attached hydrogens (tertiary/aromatic N) is 3. The van der Waals surface area contributed by atoms with Crippen molar-refractivity contribution < 1.29 is 17.9 Å². The molecule has 23 heavy (non-hydrogen) atoms. The quantitative estimate of drug-likeness (QED) is 0.789. The summed E-state index contributed by atoms with van der Waals surface area (Å²) >= 11 is 0. The molecule has 3 rings (SSSR count). The lowest BCUT2D eigenvalue weighted by Gasteiger charge is -2.30. The van der Waals surface area contributed by atoms with Crippen LogP contribution in [-0.4, -0.2) is 62.5 Å². The number of nitrogens with one attached hydrogen (secondary N) is 1. The fourth-order valence-corrected chi connectivity index (χ4v) is 4.54. The molecule has 2 heterocycles. The third kappa shape index (κ3) is 3.74. The molecule has 1 unspecified atom stereocenters. The van der Waals surface area contributed by atoms with Crippen molar-refractivity contribution in [2.24, 2.45) is 0 Å². The van der Waals surface area contributed by atoms with Crippen LogP contribution in [0.1, 0.15) is 30.1 Å². The lowest BCUT2D eigenvalue weighted by molar-refractivity contribution is 0.0722. The molecule has 1 aliphatic carbocycles. The first-order valence-corrected chi connectivity index (χ1v) is 9.44. The van der Waals surface area contributed by atoms with E-state index in [0.717, 1.165) is 30.5 Å². The molecule has 1 atom stereocenters. The van der Waals surface area contributed by atoms with Crippen LogP contribution < -0.4 is 4.72 Å². The van der Waals surface area contributed by atoms with Crippen LogP contribution >= 0.6 is 0 Å². The largest absolute Gasteiger partial charge is 0.383 e. The molecule has 8 nitrogen and oxygen atoms in total. The first-order chi connectivity index (χ1) is 11.1. The maximum atomic E-state index is 12.6. The maximum absolute atomic E-state index is 12.6. The predicted octanol–water partition coefficient (Wildman–Crippen LogP) is 0.0735. The van der Waals surface area contributed by atoms with Gasteiger partial charge in [0.25, 0.3) is 10.2 Å². The normalized spacial score (nSPS) is 22.9. The van der Waals surface area contributed by atoms with Crippen molar-refractivity contribution in [2.45, 2.75) is 31.8 Å². The number of fused-ring (bicyclic) bond motifs is 1. The molecule has 1 N–H and O–H groups in total. The number of hydrogen-bond donors (Lipinski definition) is 1. The Morgan fingerprint density at radius 3 is 2.96 bits per heavy atom. The second kappa shape index (κ2) is 7.27. The van der Waals surface area contributed by atoms with Crippen LogP contribution in [0.15, 0.2) is 6.20 Å². The molecule has 0 bridgehead atoms. The second-order valence-electron chi connectivity index (χ2n) is 5.85. The van der Waals surface area contributed by atoms with Gasteiger partial charge in [-0.25, -0.2) is 0 Å². The number of hydrogen-bond acceptors (Lipinski definition) is 5. The van der Waals surface area contributed by atoms with E-state index < -0.39 is 10.2 Å². The topological polar surface area (TPSA) is 85.7 Å². The molecule has 1 aliphatic heterocycles. The first-order valence-electron chi connectivity index (χ1n) is 8.00. The first kappa shape index (κ1) is 16.8. The van der Waals surface area contributed by atoms with E-state index in [4.69, 9.17) is 9.47 Å². The molecule has 0 radical (unpaired) electrons. The summed E-state index contributed by atoms with van der Waals surface area (Å²) in [7, 11) is -1.86. The summed E-state index contributed by atoms with van der Waals surface area (Å²) in [4.78, 5) is 0. The van der Waals surface area contributed by atoms with Crippen molar-refractivity contribution in [3.63, 3.8) is 0 Å². The van der Waals surface area contributed by atoms with Crippen LogP contribution in [0.25, 0.3) is 0 Å². The number of morpholine rings is 1. The SMILES string of the molecule is COCCn1ncc2c1C(NS(=O)(=O)N1CCOCC1)CCC2. The van der Waals surface area contributed by atoms with Crippen molar-refractivity contribution in [3.05, 3.63) is 17.5 Å². The van der Waals surface area contributed by atoms with Gasteiger partial charge < -0.3 is 9.47 Å². The van der Waals surface area contributed by atoms with E-state index >= 15 is 0 Å². The molecule has 1 fully saturated rings. The van der Waals surface area contributed by atoms with Crippen LogP contribution in [-0.2, 0) is 32.6 Å². The highest BCUT2D eigenvalue weighted by molar-refractivity contribution is 7.87. The third-order valence-electron chi connectivity index (χ3n) is 4.34. The molecule has 0 amide bonds. The summed E-state index contributed by atoms with van der Waals surface area (Å²) in [6.07, 6.45) is 4.53. The molecule has 1 saturated heterocycles. The van der Waals surface area contributed by atoms with Crippen molar-refractivity contribution in [3.8, 4) is 0 Å². The van der Waals surface area contributed by atoms with Gasteiger partial charge in [-0.05, 0) is 24.8 Å². The summed E-state index contributed by atoms with van der Waals surface area (Å²) in [5, 5.41) is 4.40. The van der Waals surface area contributed by atoms with E-state index in [-0.39, 0.29) is 6.04 Å². The Bertz CT molecular complexity index is 625. The molecule has 1 aromatic rings. The molecule has 0 spiro atoms. The predicted molar refractivity (Wildman–Crippen MR) is 84.2 cm³/mol. The van der Waals surface area contributed by atoms with E-state index in [1.807, 2.05) is 10.9 Å². The van der Waals surface area contributed by atoms with Gasteiger partial charge in [0, 0.05) is 20.2 Å². The summed E-state index contributed by atoms with van der Waals surface area (Å²) < 4.78 is 41.8. The highest BCUT2D eigenvalue weighted by Gasteiger charge is 2.32. The minimum atomic E-state index is -3.51. The molecule has 9 heteroatoms. The zero-order valence-electron chi connectivity index (χ0n) is 13.4. The Labute approximate surface area is 136 Å². The molecular weight excluding hydrogens is 320 g/mol. The fraction of sp³-hybridized carbons (Fsp3) is 0.786. The third-order valence-corrected chi connectivity index (χ3v) is 5.96. The Kier molecular flexibility index (Phi) is 5.32. The summed E-state index contributed by atoms with van der Waals surface area (Å²) in [5.74, 6) is 0. The van der Waals surface area contributed by atoms with Crippen LogP contribution in [0, 0.1) is 0 Å². The number of methoxy groups -OCH3 is 1. The molecule has 1 aromatic heterocycles. The number of ether oxygens (including phenoxy) is 2.